The number of esters is 1. The average molecular weight is 208 g/mol. The Morgan fingerprint density at radius 1 is 1.33 bits per heavy atom. The quantitative estimate of drug-likeness (QED) is 0.760. The van der Waals surface area contributed by atoms with Gasteiger partial charge in [0.15, 0.2) is 0 Å². The van der Waals surface area contributed by atoms with E-state index >= 15 is 0 Å². The van der Waals surface area contributed by atoms with Crippen LogP contribution in [0.2, 0.25) is 0 Å². The van der Waals surface area contributed by atoms with Crippen molar-refractivity contribution in [3.8, 4) is 5.75 Å². The number of carbonyl (C=O) groups excluding carboxylic acids is 1. The maximum atomic E-state index is 11.6. The maximum absolute atomic E-state index is 11.6. The molecule has 0 saturated carbocycles. The van der Waals surface area contributed by atoms with Crippen molar-refractivity contribution in [2.75, 3.05) is 0 Å². The molecule has 1 aromatic rings. The Labute approximate surface area is 89.7 Å². The summed E-state index contributed by atoms with van der Waals surface area (Å²) in [6.07, 6.45) is -0.183. The Bertz CT molecular complexity index is 357. The highest BCUT2D eigenvalue weighted by Crippen LogP contribution is 2.24. The molecule has 15 heavy (non-hydrogen) atoms. The van der Waals surface area contributed by atoms with Gasteiger partial charge in [-0.15, -0.1) is 0 Å². The van der Waals surface area contributed by atoms with Crippen LogP contribution >= 0.6 is 0 Å². The first-order valence-electron chi connectivity index (χ1n) is 4.93. The predicted molar refractivity (Wildman–Crippen MR) is 58.1 cm³/mol. The van der Waals surface area contributed by atoms with E-state index < -0.39 is 5.97 Å². The van der Waals surface area contributed by atoms with Crippen molar-refractivity contribution in [2.24, 2.45) is 0 Å². The number of benzene rings is 1. The molecule has 3 nitrogen and oxygen atoms in total. The van der Waals surface area contributed by atoms with Gasteiger partial charge >= 0.3 is 5.97 Å². The molecule has 1 N–H and O–H groups in total. The molecule has 1 aromatic carbocycles. The van der Waals surface area contributed by atoms with Crippen LogP contribution in [0.3, 0.4) is 0 Å². The largest absolute Gasteiger partial charge is 0.507 e. The second-order valence-corrected chi connectivity index (χ2v) is 3.93. The van der Waals surface area contributed by atoms with Crippen LogP contribution in [0.25, 0.3) is 0 Å². The second kappa shape index (κ2) is 4.34. The number of carbonyl (C=O) groups is 1. The molecule has 0 aliphatic carbocycles. The molecule has 0 heterocycles. The fourth-order valence-electron chi connectivity index (χ4n) is 1.48. The van der Waals surface area contributed by atoms with Crippen LogP contribution in [-0.4, -0.2) is 17.2 Å². The van der Waals surface area contributed by atoms with Crippen molar-refractivity contribution in [3.05, 3.63) is 28.8 Å². The summed E-state index contributed by atoms with van der Waals surface area (Å²) in [4.78, 5) is 11.6. The van der Waals surface area contributed by atoms with Gasteiger partial charge < -0.3 is 9.84 Å². The molecule has 0 unspecified atom stereocenters. The van der Waals surface area contributed by atoms with Crippen molar-refractivity contribution in [1.29, 1.82) is 0 Å². The molecule has 0 bridgehead atoms. The molecule has 0 spiro atoms. The van der Waals surface area contributed by atoms with Crippen molar-refractivity contribution in [2.45, 2.75) is 33.8 Å². The highest BCUT2D eigenvalue weighted by molar-refractivity contribution is 5.94. The van der Waals surface area contributed by atoms with Crippen molar-refractivity contribution in [1.82, 2.24) is 0 Å². The summed E-state index contributed by atoms with van der Waals surface area (Å²) in [5.74, 6) is -0.488. The highest BCUT2D eigenvalue weighted by Gasteiger charge is 2.17. The zero-order valence-corrected chi connectivity index (χ0v) is 9.50. The van der Waals surface area contributed by atoms with E-state index in [1.807, 2.05) is 13.0 Å². The number of phenols is 1. The van der Waals surface area contributed by atoms with Crippen LogP contribution in [0.4, 0.5) is 0 Å². The summed E-state index contributed by atoms with van der Waals surface area (Å²) < 4.78 is 5.04. The fourth-order valence-corrected chi connectivity index (χ4v) is 1.48. The summed E-state index contributed by atoms with van der Waals surface area (Å²) in [6.45, 7) is 7.20. The van der Waals surface area contributed by atoms with Crippen LogP contribution in [0, 0.1) is 13.8 Å². The fraction of sp³-hybridized carbons (Fsp3) is 0.417. The lowest BCUT2D eigenvalue weighted by Gasteiger charge is -2.11. The van der Waals surface area contributed by atoms with Gasteiger partial charge in [0.2, 0.25) is 0 Å². The molecule has 0 radical (unpaired) electrons. The van der Waals surface area contributed by atoms with Crippen LogP contribution in [0.15, 0.2) is 12.1 Å². The number of aryl methyl sites for hydroxylation is 2. The van der Waals surface area contributed by atoms with E-state index in [0.717, 1.165) is 11.1 Å². The molecule has 0 aromatic heterocycles. The van der Waals surface area contributed by atoms with Gasteiger partial charge in [-0.25, -0.2) is 4.79 Å². The third kappa shape index (κ3) is 2.72. The summed E-state index contributed by atoms with van der Waals surface area (Å²) >= 11 is 0. The predicted octanol–water partition coefficient (Wildman–Crippen LogP) is 2.57. The first-order valence-corrected chi connectivity index (χ1v) is 4.93. The van der Waals surface area contributed by atoms with Gasteiger partial charge in [-0.05, 0) is 44.9 Å². The average Bonchev–Trinajstić information content (AvgIpc) is 1.99. The summed E-state index contributed by atoms with van der Waals surface area (Å²) in [7, 11) is 0. The molecule has 82 valence electrons. The highest BCUT2D eigenvalue weighted by atomic mass is 16.5. The van der Waals surface area contributed by atoms with Crippen LogP contribution < -0.4 is 0 Å². The summed E-state index contributed by atoms with van der Waals surface area (Å²) in [6, 6.07) is 3.40. The lowest BCUT2D eigenvalue weighted by Crippen LogP contribution is -2.13. The minimum atomic E-state index is -0.472. The molecule has 0 aliphatic heterocycles. The molecule has 0 amide bonds. The van der Waals surface area contributed by atoms with Crippen molar-refractivity contribution in [3.63, 3.8) is 0 Å². The Morgan fingerprint density at radius 2 is 1.93 bits per heavy atom. The number of hydrogen-bond acceptors (Lipinski definition) is 3. The van der Waals surface area contributed by atoms with Crippen LogP contribution in [0.5, 0.6) is 5.75 Å². The third-order valence-corrected chi connectivity index (χ3v) is 2.01. The number of hydrogen-bond donors (Lipinski definition) is 1. The molecular formula is C12H16O3. The zero-order chi connectivity index (χ0) is 11.6. The lowest BCUT2D eigenvalue weighted by molar-refractivity contribution is 0.0374. The molecule has 3 heteroatoms. The standard InChI is InChI=1S/C12H16O3/c1-7(2)15-12(14)11-9(4)5-8(3)6-10(11)13/h5-7,13H,1-4H3. The lowest BCUT2D eigenvalue weighted by atomic mass is 10.0. The Balaban J connectivity index is 3.09. The first-order chi connectivity index (χ1) is 6.91. The number of rotatable bonds is 2. The molecule has 0 fully saturated rings. The topological polar surface area (TPSA) is 46.5 Å². The van der Waals surface area contributed by atoms with Gasteiger partial charge in [0.05, 0.1) is 6.10 Å². The Hall–Kier alpha value is -1.51. The van der Waals surface area contributed by atoms with Gasteiger partial charge in [-0.2, -0.15) is 0 Å². The van der Waals surface area contributed by atoms with Crippen LogP contribution in [-0.2, 0) is 4.74 Å². The number of phenolic OH excluding ortho intramolecular Hbond substituents is 1. The van der Waals surface area contributed by atoms with Gasteiger partial charge in [-0.1, -0.05) is 6.07 Å². The normalized spacial score (nSPS) is 10.5. The monoisotopic (exact) mass is 208 g/mol. The van der Waals surface area contributed by atoms with Crippen molar-refractivity contribution >= 4 is 5.97 Å². The maximum Gasteiger partial charge on any atom is 0.342 e. The SMILES string of the molecule is Cc1cc(C)c(C(=O)OC(C)C)c(O)c1. The van der Waals surface area contributed by atoms with E-state index in [1.54, 1.807) is 26.8 Å². The summed E-state index contributed by atoms with van der Waals surface area (Å²) in [5, 5.41) is 9.65. The van der Waals surface area contributed by atoms with Crippen LogP contribution in [0.1, 0.15) is 35.3 Å². The number of aromatic hydroxyl groups is 1. The Kier molecular flexibility index (Phi) is 3.35. The van der Waals surface area contributed by atoms with E-state index in [0.29, 0.717) is 0 Å². The smallest absolute Gasteiger partial charge is 0.342 e. The Morgan fingerprint density at radius 3 is 2.40 bits per heavy atom. The first kappa shape index (κ1) is 11.6. The van der Waals surface area contributed by atoms with E-state index in [4.69, 9.17) is 4.74 Å². The molecule has 0 atom stereocenters. The molecule has 0 aliphatic rings. The van der Waals surface area contributed by atoms with E-state index in [9.17, 15) is 9.90 Å². The number of ether oxygens (including phenoxy) is 1. The van der Waals surface area contributed by atoms with E-state index in [2.05, 4.69) is 0 Å². The minimum absolute atomic E-state index is 0.0156. The zero-order valence-electron chi connectivity index (χ0n) is 9.50. The molecule has 1 rings (SSSR count). The molecular weight excluding hydrogens is 192 g/mol. The van der Waals surface area contributed by atoms with Gasteiger partial charge in [0.1, 0.15) is 11.3 Å². The van der Waals surface area contributed by atoms with Gasteiger partial charge in [-0.3, -0.25) is 0 Å². The van der Waals surface area contributed by atoms with Gasteiger partial charge in [0, 0.05) is 0 Å². The van der Waals surface area contributed by atoms with Crippen molar-refractivity contribution < 1.29 is 14.6 Å². The van der Waals surface area contributed by atoms with E-state index in [-0.39, 0.29) is 17.4 Å². The molecule has 0 saturated heterocycles. The third-order valence-electron chi connectivity index (χ3n) is 2.01. The second-order valence-electron chi connectivity index (χ2n) is 3.93. The van der Waals surface area contributed by atoms with Gasteiger partial charge in [0.25, 0.3) is 0 Å². The minimum Gasteiger partial charge on any atom is -0.507 e. The van der Waals surface area contributed by atoms with E-state index in [1.165, 1.54) is 0 Å². The summed E-state index contributed by atoms with van der Waals surface area (Å²) in [5.41, 5.74) is 1.92.